The number of para-hydroxylation sites is 2. The van der Waals surface area contributed by atoms with E-state index in [9.17, 15) is 4.79 Å². The number of nitrogens with zero attached hydrogens (tertiary/aromatic N) is 2. The second kappa shape index (κ2) is 7.77. The van der Waals surface area contributed by atoms with Gasteiger partial charge in [-0.3, -0.25) is 4.79 Å². The average Bonchev–Trinajstić information content (AvgIpc) is 3.19. The Morgan fingerprint density at radius 2 is 2.04 bits per heavy atom. The molecule has 5 nitrogen and oxygen atoms in total. The van der Waals surface area contributed by atoms with E-state index in [1.807, 2.05) is 49.4 Å². The Balaban J connectivity index is 1.86. The van der Waals surface area contributed by atoms with Crippen LogP contribution in [0.1, 0.15) is 12.5 Å². The van der Waals surface area contributed by atoms with Gasteiger partial charge in [-0.15, -0.1) is 0 Å². The van der Waals surface area contributed by atoms with E-state index in [-0.39, 0.29) is 5.56 Å². The summed E-state index contributed by atoms with van der Waals surface area (Å²) in [7, 11) is 0. The van der Waals surface area contributed by atoms with Gasteiger partial charge in [-0.2, -0.15) is 0 Å². The molecule has 0 radical (unpaired) electrons. The number of aromatic nitrogens is 2. The molecule has 2 aromatic heterocycles. The highest BCUT2D eigenvalue weighted by Crippen LogP contribution is 2.34. The van der Waals surface area contributed by atoms with Crippen LogP contribution in [-0.4, -0.2) is 22.6 Å². The zero-order valence-corrected chi connectivity index (χ0v) is 17.5. The highest BCUT2D eigenvalue weighted by molar-refractivity contribution is 9.10. The summed E-state index contributed by atoms with van der Waals surface area (Å²) in [5.41, 5.74) is 2.40. The van der Waals surface area contributed by atoms with Crippen molar-refractivity contribution in [3.8, 4) is 11.5 Å². The molecule has 0 unspecified atom stereocenters. The van der Waals surface area contributed by atoms with Crippen LogP contribution in [0.5, 0.6) is 11.5 Å². The number of hydrogen-bond donors (Lipinski definition) is 0. The topological polar surface area (TPSA) is 52.8 Å². The van der Waals surface area contributed by atoms with Crippen LogP contribution in [0.4, 0.5) is 0 Å². The maximum atomic E-state index is 13.0. The predicted octanol–water partition coefficient (Wildman–Crippen LogP) is 4.18. The van der Waals surface area contributed by atoms with Gasteiger partial charge in [0.25, 0.3) is 5.56 Å². The van der Waals surface area contributed by atoms with Crippen LogP contribution in [0.3, 0.4) is 0 Å². The number of imidazole rings is 1. The molecule has 4 rings (SSSR count). The van der Waals surface area contributed by atoms with Gasteiger partial charge in [-0.05, 0) is 42.8 Å². The van der Waals surface area contributed by atoms with E-state index in [0.29, 0.717) is 34.2 Å². The molecule has 0 N–H and O–H groups in total. The monoisotopic (exact) mass is 456 g/mol. The highest BCUT2D eigenvalue weighted by atomic mass is 79.9. The Bertz CT molecular complexity index is 1290. The number of rotatable bonds is 6. The first kappa shape index (κ1) is 18.7. The number of ether oxygens (including phenoxy) is 2. The van der Waals surface area contributed by atoms with E-state index < -0.39 is 0 Å². The van der Waals surface area contributed by atoms with Crippen molar-refractivity contribution in [2.45, 2.75) is 6.92 Å². The number of fused-ring (bicyclic) bond motifs is 3. The summed E-state index contributed by atoms with van der Waals surface area (Å²) in [5, 5.41) is 0. The van der Waals surface area contributed by atoms with Crippen LogP contribution in [0, 0.1) is 0 Å². The zero-order chi connectivity index (χ0) is 19.7. The third-order valence-corrected chi connectivity index (χ3v) is 5.81. The SMILES string of the molecule is C=CCOc1cc(Br)c(/C=c2\sc3nc4ccccc4n3c2=O)cc1OCC. The summed E-state index contributed by atoms with van der Waals surface area (Å²) in [6.07, 6.45) is 3.53. The lowest BCUT2D eigenvalue weighted by Crippen LogP contribution is -2.22. The van der Waals surface area contributed by atoms with Crippen molar-refractivity contribution >= 4 is 49.3 Å². The lowest BCUT2D eigenvalue weighted by molar-refractivity contribution is 0.296. The normalized spacial score (nSPS) is 12.0. The lowest BCUT2D eigenvalue weighted by atomic mass is 10.2. The van der Waals surface area contributed by atoms with Crippen molar-refractivity contribution in [3.63, 3.8) is 0 Å². The molecule has 142 valence electrons. The number of thiazole rings is 1. The van der Waals surface area contributed by atoms with Crippen molar-refractivity contribution in [1.29, 1.82) is 0 Å². The fourth-order valence-electron chi connectivity index (χ4n) is 2.94. The van der Waals surface area contributed by atoms with Gasteiger partial charge in [-0.1, -0.05) is 52.1 Å². The van der Waals surface area contributed by atoms with Gasteiger partial charge < -0.3 is 9.47 Å². The molecule has 28 heavy (non-hydrogen) atoms. The minimum atomic E-state index is -0.0782. The molecule has 0 saturated carbocycles. The first-order valence-corrected chi connectivity index (χ1v) is 10.3. The summed E-state index contributed by atoms with van der Waals surface area (Å²) >= 11 is 4.94. The summed E-state index contributed by atoms with van der Waals surface area (Å²) in [6.45, 7) is 6.48. The van der Waals surface area contributed by atoms with Crippen molar-refractivity contribution < 1.29 is 9.47 Å². The Kier molecular flexibility index (Phi) is 5.19. The number of halogens is 1. The van der Waals surface area contributed by atoms with Gasteiger partial charge in [0, 0.05) is 4.47 Å². The standard InChI is InChI=1S/C21H17BrN2O3S/c1-3-9-27-18-12-14(22)13(10-17(18)26-4-2)11-19-20(25)24-16-8-6-5-7-15(16)23-21(24)28-19/h3,5-8,10-12H,1,4,9H2,2H3/b19-11-. The molecule has 0 amide bonds. The summed E-state index contributed by atoms with van der Waals surface area (Å²) in [5.74, 6) is 1.25. The van der Waals surface area contributed by atoms with Crippen molar-refractivity contribution in [3.05, 3.63) is 74.0 Å². The van der Waals surface area contributed by atoms with E-state index in [2.05, 4.69) is 27.5 Å². The van der Waals surface area contributed by atoms with Crippen molar-refractivity contribution in [2.24, 2.45) is 0 Å². The first-order valence-electron chi connectivity index (χ1n) is 8.74. The van der Waals surface area contributed by atoms with E-state index in [4.69, 9.17) is 9.47 Å². The smallest absolute Gasteiger partial charge is 0.274 e. The van der Waals surface area contributed by atoms with Crippen LogP contribution >= 0.6 is 27.3 Å². The Morgan fingerprint density at radius 1 is 1.25 bits per heavy atom. The minimum absolute atomic E-state index is 0.0782. The van der Waals surface area contributed by atoms with Gasteiger partial charge >= 0.3 is 0 Å². The summed E-state index contributed by atoms with van der Waals surface area (Å²) < 4.78 is 14.5. The third kappa shape index (κ3) is 3.31. The quantitative estimate of drug-likeness (QED) is 0.408. The Hall–Kier alpha value is -2.64. The molecular formula is C21H17BrN2O3S. The minimum Gasteiger partial charge on any atom is -0.490 e. The number of hydrogen-bond acceptors (Lipinski definition) is 5. The zero-order valence-electron chi connectivity index (χ0n) is 15.1. The second-order valence-corrected chi connectivity index (χ2v) is 7.85. The molecule has 0 aliphatic carbocycles. The Morgan fingerprint density at radius 3 is 2.82 bits per heavy atom. The van der Waals surface area contributed by atoms with E-state index in [1.54, 1.807) is 10.5 Å². The Labute approximate surface area is 173 Å². The molecular weight excluding hydrogens is 440 g/mol. The predicted molar refractivity (Wildman–Crippen MR) is 117 cm³/mol. The van der Waals surface area contributed by atoms with Crippen LogP contribution in [0.2, 0.25) is 0 Å². The fourth-order valence-corrected chi connectivity index (χ4v) is 4.36. The van der Waals surface area contributed by atoms with Crippen LogP contribution < -0.4 is 19.6 Å². The molecule has 0 aliphatic heterocycles. The van der Waals surface area contributed by atoms with Gasteiger partial charge in [0.15, 0.2) is 16.5 Å². The maximum absolute atomic E-state index is 13.0. The highest BCUT2D eigenvalue weighted by Gasteiger charge is 2.13. The molecule has 0 aliphatic rings. The van der Waals surface area contributed by atoms with E-state index in [1.165, 1.54) is 11.3 Å². The molecule has 0 fully saturated rings. The van der Waals surface area contributed by atoms with Gasteiger partial charge in [0.1, 0.15) is 6.61 Å². The molecule has 4 aromatic rings. The molecule has 0 spiro atoms. The van der Waals surface area contributed by atoms with Crippen LogP contribution in [0.25, 0.3) is 22.1 Å². The molecule has 0 saturated heterocycles. The van der Waals surface area contributed by atoms with Crippen molar-refractivity contribution in [1.82, 2.24) is 9.38 Å². The van der Waals surface area contributed by atoms with Gasteiger partial charge in [0.2, 0.25) is 0 Å². The number of benzene rings is 2. The second-order valence-electron chi connectivity index (χ2n) is 5.99. The average molecular weight is 457 g/mol. The van der Waals surface area contributed by atoms with Gasteiger partial charge in [-0.25, -0.2) is 9.38 Å². The van der Waals surface area contributed by atoms with E-state index in [0.717, 1.165) is 21.1 Å². The fraction of sp³-hybridized carbons (Fsp3) is 0.143. The van der Waals surface area contributed by atoms with Gasteiger partial charge in [0.05, 0.1) is 22.2 Å². The summed E-state index contributed by atoms with van der Waals surface area (Å²) in [4.78, 5) is 18.2. The molecule has 2 heterocycles. The molecule has 2 aromatic carbocycles. The third-order valence-electron chi connectivity index (χ3n) is 4.15. The summed E-state index contributed by atoms with van der Waals surface area (Å²) in [6, 6.07) is 11.3. The largest absolute Gasteiger partial charge is 0.490 e. The van der Waals surface area contributed by atoms with E-state index >= 15 is 0 Å². The lowest BCUT2D eigenvalue weighted by Gasteiger charge is -2.12. The van der Waals surface area contributed by atoms with Crippen LogP contribution in [0.15, 0.2) is 58.3 Å². The first-order chi connectivity index (χ1) is 13.6. The molecule has 0 atom stereocenters. The molecule has 7 heteroatoms. The van der Waals surface area contributed by atoms with Crippen molar-refractivity contribution in [2.75, 3.05) is 13.2 Å². The maximum Gasteiger partial charge on any atom is 0.274 e. The molecule has 0 bridgehead atoms. The van der Waals surface area contributed by atoms with Crippen LogP contribution in [-0.2, 0) is 0 Å².